The molecule has 1 amide bonds. The summed E-state index contributed by atoms with van der Waals surface area (Å²) in [6.45, 7) is 1.81. The summed E-state index contributed by atoms with van der Waals surface area (Å²) in [4.78, 5) is 35.8. The molecule has 1 aromatic rings. The first-order valence-corrected chi connectivity index (χ1v) is 8.22. The van der Waals surface area contributed by atoms with Crippen molar-refractivity contribution in [3.63, 3.8) is 0 Å². The van der Waals surface area contributed by atoms with Crippen LogP contribution in [0.4, 0.5) is 0 Å². The van der Waals surface area contributed by atoms with E-state index in [1.165, 1.54) is 12.1 Å². The molecule has 0 saturated carbocycles. The highest BCUT2D eigenvalue weighted by Gasteiger charge is 2.47. The fraction of sp³-hybridized carbons (Fsp3) is 0.400. The van der Waals surface area contributed by atoms with Gasteiger partial charge in [-0.05, 0) is 31.3 Å². The summed E-state index contributed by atoms with van der Waals surface area (Å²) < 4.78 is 10.2. The molecule has 3 unspecified atom stereocenters. The fourth-order valence-electron chi connectivity index (χ4n) is 2.27. The van der Waals surface area contributed by atoms with E-state index in [4.69, 9.17) is 33.3 Å². The average Bonchev–Trinajstić information content (AvgIpc) is 2.57. The number of carbonyl (C=O) groups is 2. The van der Waals surface area contributed by atoms with E-state index >= 15 is 0 Å². The van der Waals surface area contributed by atoms with Crippen LogP contribution >= 0.6 is 23.8 Å². The number of nitrogens with zero attached hydrogens (tertiary/aromatic N) is 2. The molecule has 0 bridgehead atoms. The van der Waals surface area contributed by atoms with Crippen LogP contribution in [0.25, 0.3) is 0 Å². The van der Waals surface area contributed by atoms with Gasteiger partial charge in [0, 0.05) is 0 Å². The van der Waals surface area contributed by atoms with E-state index in [-0.39, 0.29) is 23.6 Å². The van der Waals surface area contributed by atoms with E-state index in [0.29, 0.717) is 0 Å². The van der Waals surface area contributed by atoms with Gasteiger partial charge in [-0.3, -0.25) is 14.9 Å². The Kier molecular flexibility index (Phi) is 6.27. The molecule has 0 spiro atoms. The highest BCUT2D eigenvalue weighted by molar-refractivity contribution is 7.80. The van der Waals surface area contributed by atoms with Crippen molar-refractivity contribution in [3.8, 4) is 0 Å². The maximum absolute atomic E-state index is 12.5. The van der Waals surface area contributed by atoms with Crippen molar-refractivity contribution in [1.82, 2.24) is 4.90 Å². The Bertz CT molecular complexity index is 686. The SMILES string of the molecule is CCOC(=S)C(C(=O)OC(c1ccccc1)[N+](=O)[O-])N1C(=O)CC1Cl. The van der Waals surface area contributed by atoms with Crippen molar-refractivity contribution in [1.29, 1.82) is 0 Å². The Morgan fingerprint density at radius 2 is 2.12 bits per heavy atom. The molecule has 0 aromatic heterocycles. The zero-order valence-corrected chi connectivity index (χ0v) is 14.7. The standard InChI is InChI=1S/C15H15ClN2O6S/c1-2-23-15(25)12(17-10(16)8-11(17)19)14(20)24-13(18(21)22)9-6-4-3-5-7-9/h3-7,10,12-13H,2,8H2,1H3. The van der Waals surface area contributed by atoms with Gasteiger partial charge in [-0.2, -0.15) is 0 Å². The molecule has 134 valence electrons. The number of β-lactam (4-membered cyclic amide) rings is 1. The Labute approximate surface area is 153 Å². The summed E-state index contributed by atoms with van der Waals surface area (Å²) in [5, 5.41) is 11.1. The monoisotopic (exact) mass is 386 g/mol. The van der Waals surface area contributed by atoms with Gasteiger partial charge >= 0.3 is 12.2 Å². The molecular weight excluding hydrogens is 372 g/mol. The van der Waals surface area contributed by atoms with Crippen molar-refractivity contribution < 1.29 is 24.0 Å². The van der Waals surface area contributed by atoms with Gasteiger partial charge in [-0.1, -0.05) is 29.8 Å². The Morgan fingerprint density at radius 3 is 2.60 bits per heavy atom. The third-order valence-electron chi connectivity index (χ3n) is 3.45. The molecule has 3 atom stereocenters. The lowest BCUT2D eigenvalue weighted by Crippen LogP contribution is -2.60. The number of hydrogen-bond donors (Lipinski definition) is 0. The van der Waals surface area contributed by atoms with Gasteiger partial charge in [0.15, 0.2) is 11.1 Å². The number of thiocarbonyl (C=S) groups is 1. The second-order valence-corrected chi connectivity index (χ2v) is 5.99. The van der Waals surface area contributed by atoms with Gasteiger partial charge in [-0.15, -0.1) is 0 Å². The van der Waals surface area contributed by atoms with Crippen LogP contribution in [0.15, 0.2) is 30.3 Å². The summed E-state index contributed by atoms with van der Waals surface area (Å²) in [5.41, 5.74) is -0.575. The summed E-state index contributed by atoms with van der Waals surface area (Å²) in [5.74, 6) is -1.48. The van der Waals surface area contributed by atoms with E-state index in [0.717, 1.165) is 4.90 Å². The molecule has 8 nitrogen and oxygen atoms in total. The highest BCUT2D eigenvalue weighted by Crippen LogP contribution is 2.28. The summed E-state index contributed by atoms with van der Waals surface area (Å²) in [6, 6.07) is 6.33. The molecule has 0 N–H and O–H groups in total. The Hall–Kier alpha value is -2.26. The maximum Gasteiger partial charge on any atom is 0.382 e. The zero-order valence-electron chi connectivity index (χ0n) is 13.2. The minimum absolute atomic E-state index is 0.0391. The van der Waals surface area contributed by atoms with Crippen LogP contribution in [-0.4, -0.2) is 44.9 Å². The lowest BCUT2D eigenvalue weighted by atomic mass is 10.1. The molecule has 1 fully saturated rings. The number of nitro groups is 1. The Balaban J connectivity index is 2.24. The molecule has 25 heavy (non-hydrogen) atoms. The number of likely N-dealkylation sites (tertiary alicyclic amines) is 1. The fourth-order valence-corrected chi connectivity index (χ4v) is 2.95. The second-order valence-electron chi connectivity index (χ2n) is 5.08. The average molecular weight is 387 g/mol. The quantitative estimate of drug-likeness (QED) is 0.103. The van der Waals surface area contributed by atoms with Crippen LogP contribution < -0.4 is 0 Å². The molecule has 0 aliphatic carbocycles. The molecule has 2 rings (SSSR count). The van der Waals surface area contributed by atoms with Crippen molar-refractivity contribution in [2.24, 2.45) is 0 Å². The lowest BCUT2D eigenvalue weighted by Gasteiger charge is -2.40. The molecule has 1 aliphatic heterocycles. The number of benzene rings is 1. The first kappa shape index (κ1) is 19.1. The molecule has 10 heteroatoms. The molecular formula is C15H15ClN2O6S. The maximum atomic E-state index is 12.5. The van der Waals surface area contributed by atoms with Crippen LogP contribution in [0, 0.1) is 10.1 Å². The number of ether oxygens (including phenoxy) is 2. The normalized spacial score (nSPS) is 18.7. The van der Waals surface area contributed by atoms with Crippen molar-refractivity contribution in [2.75, 3.05) is 6.61 Å². The first-order valence-electron chi connectivity index (χ1n) is 7.37. The largest absolute Gasteiger partial charge is 0.485 e. The van der Waals surface area contributed by atoms with Crippen LogP contribution in [0.5, 0.6) is 0 Å². The van der Waals surface area contributed by atoms with E-state index in [9.17, 15) is 19.7 Å². The van der Waals surface area contributed by atoms with E-state index in [1.54, 1.807) is 25.1 Å². The predicted octanol–water partition coefficient (Wildman–Crippen LogP) is 2.03. The third-order valence-corrected chi connectivity index (χ3v) is 4.15. The predicted molar refractivity (Wildman–Crippen MR) is 91.4 cm³/mol. The van der Waals surface area contributed by atoms with Gasteiger partial charge in [0.25, 0.3) is 0 Å². The van der Waals surface area contributed by atoms with E-state index in [2.05, 4.69) is 0 Å². The summed E-state index contributed by atoms with van der Waals surface area (Å²) >= 11 is 11.0. The van der Waals surface area contributed by atoms with Gasteiger partial charge in [0.05, 0.1) is 23.5 Å². The van der Waals surface area contributed by atoms with Crippen molar-refractivity contribution in [2.45, 2.75) is 31.1 Å². The summed E-state index contributed by atoms with van der Waals surface area (Å²) in [7, 11) is 0. The van der Waals surface area contributed by atoms with Crippen molar-refractivity contribution >= 4 is 40.7 Å². The third kappa shape index (κ3) is 4.23. The van der Waals surface area contributed by atoms with Gasteiger partial charge < -0.3 is 14.4 Å². The number of rotatable bonds is 7. The number of halogens is 1. The number of carbonyl (C=O) groups excluding carboxylic acids is 2. The van der Waals surface area contributed by atoms with Gasteiger partial charge in [-0.25, -0.2) is 4.79 Å². The first-order chi connectivity index (χ1) is 11.9. The number of hydrogen-bond acceptors (Lipinski definition) is 7. The van der Waals surface area contributed by atoms with Gasteiger partial charge in [0.1, 0.15) is 5.50 Å². The topological polar surface area (TPSA) is 99.0 Å². The zero-order chi connectivity index (χ0) is 18.6. The lowest BCUT2D eigenvalue weighted by molar-refractivity contribution is -0.576. The van der Waals surface area contributed by atoms with Crippen molar-refractivity contribution in [3.05, 3.63) is 46.0 Å². The minimum Gasteiger partial charge on any atom is -0.485 e. The smallest absolute Gasteiger partial charge is 0.382 e. The van der Waals surface area contributed by atoms with Crippen LogP contribution in [-0.2, 0) is 19.1 Å². The Morgan fingerprint density at radius 1 is 1.48 bits per heavy atom. The number of alkyl halides is 1. The van der Waals surface area contributed by atoms with Crippen LogP contribution in [0.3, 0.4) is 0 Å². The molecule has 0 radical (unpaired) electrons. The van der Waals surface area contributed by atoms with Crippen LogP contribution in [0.2, 0.25) is 0 Å². The van der Waals surface area contributed by atoms with Gasteiger partial charge in [0.2, 0.25) is 5.91 Å². The molecule has 1 aromatic carbocycles. The van der Waals surface area contributed by atoms with E-state index in [1.807, 2.05) is 0 Å². The molecule has 1 heterocycles. The second kappa shape index (κ2) is 8.21. The van der Waals surface area contributed by atoms with Crippen LogP contribution in [0.1, 0.15) is 25.1 Å². The number of amides is 1. The highest BCUT2D eigenvalue weighted by atomic mass is 35.5. The molecule has 1 saturated heterocycles. The van der Waals surface area contributed by atoms with E-state index < -0.39 is 34.6 Å². The number of esters is 1. The molecule has 1 aliphatic rings. The summed E-state index contributed by atoms with van der Waals surface area (Å²) in [6.07, 6.45) is -1.69. The minimum atomic E-state index is -1.73.